The molecule has 1 unspecified atom stereocenters. The Bertz CT molecular complexity index is 362. The molecule has 1 atom stereocenters. The summed E-state index contributed by atoms with van der Waals surface area (Å²) in [6, 6.07) is 0.235. The van der Waals surface area contributed by atoms with Crippen molar-refractivity contribution >= 4 is 36.0 Å². The molecule has 1 heterocycles. The van der Waals surface area contributed by atoms with E-state index in [-0.39, 0.29) is 42.3 Å². The fourth-order valence-electron chi connectivity index (χ4n) is 2.82. The largest absolute Gasteiger partial charge is 0.352 e. The zero-order valence-electron chi connectivity index (χ0n) is 12.5. The summed E-state index contributed by atoms with van der Waals surface area (Å²) in [5, 5.41) is 3.11. The van der Waals surface area contributed by atoms with E-state index in [4.69, 9.17) is 5.73 Å². The van der Waals surface area contributed by atoms with Crippen molar-refractivity contribution in [1.29, 1.82) is 0 Å². The lowest BCUT2D eigenvalue weighted by Crippen LogP contribution is -2.51. The first-order valence-electron chi connectivity index (χ1n) is 7.55. The smallest absolute Gasteiger partial charge is 0.243 e. The second-order valence-electron chi connectivity index (χ2n) is 5.75. The molecule has 0 aromatic heterocycles. The van der Waals surface area contributed by atoms with Crippen LogP contribution in [-0.2, 0) is 9.59 Å². The van der Waals surface area contributed by atoms with Crippen molar-refractivity contribution < 1.29 is 9.59 Å². The van der Waals surface area contributed by atoms with Gasteiger partial charge >= 0.3 is 0 Å². The van der Waals surface area contributed by atoms with Crippen LogP contribution in [0.25, 0.3) is 0 Å². The van der Waals surface area contributed by atoms with Gasteiger partial charge in [-0.1, -0.05) is 6.92 Å². The first-order valence-corrected chi connectivity index (χ1v) is 8.70. The third-order valence-corrected chi connectivity index (χ3v) is 5.10. The minimum Gasteiger partial charge on any atom is -0.352 e. The van der Waals surface area contributed by atoms with Crippen LogP contribution in [0.15, 0.2) is 0 Å². The van der Waals surface area contributed by atoms with Crippen LogP contribution in [0.4, 0.5) is 0 Å². The number of rotatable bonds is 4. The van der Waals surface area contributed by atoms with Crippen LogP contribution < -0.4 is 11.1 Å². The van der Waals surface area contributed by atoms with E-state index in [1.165, 1.54) is 0 Å². The van der Waals surface area contributed by atoms with E-state index >= 15 is 0 Å². The Balaban J connectivity index is 0.00000220. The predicted octanol–water partition coefficient (Wildman–Crippen LogP) is 1.50. The maximum atomic E-state index is 12.4. The number of nitrogens with zero attached hydrogens (tertiary/aromatic N) is 1. The number of nitrogens with two attached hydrogens (primary N) is 1. The Morgan fingerprint density at radius 3 is 2.57 bits per heavy atom. The molecule has 122 valence electrons. The van der Waals surface area contributed by atoms with Gasteiger partial charge in [0.25, 0.3) is 0 Å². The normalized spacial score (nSPS) is 28.9. The van der Waals surface area contributed by atoms with Gasteiger partial charge < -0.3 is 16.0 Å². The topological polar surface area (TPSA) is 75.4 Å². The summed E-state index contributed by atoms with van der Waals surface area (Å²) in [5.41, 5.74) is 5.88. The van der Waals surface area contributed by atoms with Crippen LogP contribution in [0.1, 0.15) is 45.4 Å². The predicted molar refractivity (Wildman–Crippen MR) is 88.5 cm³/mol. The maximum absolute atomic E-state index is 12.4. The fourth-order valence-corrected chi connectivity index (χ4v) is 4.00. The SMILES string of the molecule is CCCC(=O)N1CSCC1C(=O)NC1CCC(N)CC1.Cl. The average molecular weight is 336 g/mol. The molecule has 1 saturated heterocycles. The molecule has 2 amide bonds. The molecule has 2 rings (SSSR count). The molecule has 0 radical (unpaired) electrons. The van der Waals surface area contributed by atoms with E-state index < -0.39 is 0 Å². The van der Waals surface area contributed by atoms with Gasteiger partial charge in [0, 0.05) is 24.3 Å². The standard InChI is InChI=1S/C14H25N3O2S.ClH/c1-2-3-13(18)17-9-20-8-12(17)14(19)16-11-6-4-10(15)5-7-11;/h10-12H,2-9,15H2,1H3,(H,16,19);1H. The third-order valence-electron chi connectivity index (χ3n) is 4.09. The highest BCUT2D eigenvalue weighted by Crippen LogP contribution is 2.23. The molecule has 0 aromatic carbocycles. The van der Waals surface area contributed by atoms with Gasteiger partial charge in [0.1, 0.15) is 6.04 Å². The molecule has 3 N–H and O–H groups in total. The minimum atomic E-state index is -0.283. The highest BCUT2D eigenvalue weighted by atomic mass is 35.5. The molecule has 1 aliphatic heterocycles. The average Bonchev–Trinajstić information content (AvgIpc) is 2.91. The number of halogens is 1. The van der Waals surface area contributed by atoms with Crippen LogP contribution >= 0.6 is 24.2 Å². The number of carbonyl (C=O) groups is 2. The molecular weight excluding hydrogens is 310 g/mol. The highest BCUT2D eigenvalue weighted by molar-refractivity contribution is 7.99. The molecular formula is C14H26ClN3O2S. The van der Waals surface area contributed by atoms with Crippen LogP contribution in [0, 0.1) is 0 Å². The highest BCUT2D eigenvalue weighted by Gasteiger charge is 2.35. The Hall–Kier alpha value is -0.460. The zero-order chi connectivity index (χ0) is 14.5. The molecule has 0 spiro atoms. The minimum absolute atomic E-state index is 0. The molecule has 1 saturated carbocycles. The van der Waals surface area contributed by atoms with Crippen LogP contribution in [0.5, 0.6) is 0 Å². The molecule has 7 heteroatoms. The Morgan fingerprint density at radius 1 is 1.29 bits per heavy atom. The van der Waals surface area contributed by atoms with E-state index in [0.29, 0.717) is 18.1 Å². The third kappa shape index (κ3) is 5.04. The lowest BCUT2D eigenvalue weighted by atomic mass is 9.91. The molecule has 5 nitrogen and oxygen atoms in total. The summed E-state index contributed by atoms with van der Waals surface area (Å²) in [4.78, 5) is 26.1. The first-order chi connectivity index (χ1) is 9.61. The molecule has 0 bridgehead atoms. The van der Waals surface area contributed by atoms with Crippen molar-refractivity contribution in [3.05, 3.63) is 0 Å². The van der Waals surface area contributed by atoms with E-state index in [0.717, 1.165) is 32.1 Å². The number of thioether (sulfide) groups is 1. The van der Waals surface area contributed by atoms with Crippen LogP contribution in [0.3, 0.4) is 0 Å². The van der Waals surface area contributed by atoms with Crippen molar-refractivity contribution in [3.8, 4) is 0 Å². The van der Waals surface area contributed by atoms with Crippen molar-refractivity contribution in [3.63, 3.8) is 0 Å². The van der Waals surface area contributed by atoms with E-state index in [1.54, 1.807) is 16.7 Å². The van der Waals surface area contributed by atoms with E-state index in [1.807, 2.05) is 6.92 Å². The summed E-state index contributed by atoms with van der Waals surface area (Å²) in [5.74, 6) is 1.48. The van der Waals surface area contributed by atoms with Crippen LogP contribution in [-0.4, -0.2) is 46.5 Å². The van der Waals surface area contributed by atoms with Gasteiger partial charge in [0.15, 0.2) is 0 Å². The van der Waals surface area contributed by atoms with Gasteiger partial charge in [0.05, 0.1) is 5.88 Å². The van der Waals surface area contributed by atoms with Gasteiger partial charge in [-0.05, 0) is 32.1 Å². The van der Waals surface area contributed by atoms with Gasteiger partial charge in [-0.15, -0.1) is 24.2 Å². The van der Waals surface area contributed by atoms with Crippen molar-refractivity contribution in [2.24, 2.45) is 5.73 Å². The van der Waals surface area contributed by atoms with E-state index in [2.05, 4.69) is 5.32 Å². The lowest BCUT2D eigenvalue weighted by Gasteiger charge is -2.29. The molecule has 1 aliphatic carbocycles. The summed E-state index contributed by atoms with van der Waals surface area (Å²) in [7, 11) is 0. The van der Waals surface area contributed by atoms with Crippen molar-refractivity contribution in [2.75, 3.05) is 11.6 Å². The number of amides is 2. The monoisotopic (exact) mass is 335 g/mol. The van der Waals surface area contributed by atoms with Gasteiger partial charge in [0.2, 0.25) is 11.8 Å². The quantitative estimate of drug-likeness (QED) is 0.816. The maximum Gasteiger partial charge on any atom is 0.243 e. The fraction of sp³-hybridized carbons (Fsp3) is 0.857. The lowest BCUT2D eigenvalue weighted by molar-refractivity contribution is -0.138. The summed E-state index contributed by atoms with van der Waals surface area (Å²) in [6.07, 6.45) is 5.22. The van der Waals surface area contributed by atoms with Gasteiger partial charge in [-0.3, -0.25) is 9.59 Å². The zero-order valence-corrected chi connectivity index (χ0v) is 14.2. The summed E-state index contributed by atoms with van der Waals surface area (Å²) in [6.45, 7) is 1.99. The summed E-state index contributed by atoms with van der Waals surface area (Å²) < 4.78 is 0. The second-order valence-corrected chi connectivity index (χ2v) is 6.75. The second kappa shape index (κ2) is 8.86. The number of hydrogen-bond acceptors (Lipinski definition) is 4. The number of carbonyl (C=O) groups excluding carboxylic acids is 2. The van der Waals surface area contributed by atoms with Gasteiger partial charge in [-0.25, -0.2) is 0 Å². The Labute approximate surface area is 137 Å². The molecule has 0 aromatic rings. The Kier molecular flexibility index (Phi) is 7.84. The molecule has 2 fully saturated rings. The first kappa shape index (κ1) is 18.6. The van der Waals surface area contributed by atoms with Crippen LogP contribution in [0.2, 0.25) is 0 Å². The molecule has 21 heavy (non-hydrogen) atoms. The Morgan fingerprint density at radius 2 is 1.95 bits per heavy atom. The molecule has 2 aliphatic rings. The number of hydrogen-bond donors (Lipinski definition) is 2. The van der Waals surface area contributed by atoms with Crippen molar-refractivity contribution in [2.45, 2.75) is 63.6 Å². The van der Waals surface area contributed by atoms with Gasteiger partial charge in [-0.2, -0.15) is 0 Å². The summed E-state index contributed by atoms with van der Waals surface area (Å²) >= 11 is 1.66. The van der Waals surface area contributed by atoms with Crippen molar-refractivity contribution in [1.82, 2.24) is 10.2 Å². The van der Waals surface area contributed by atoms with E-state index in [9.17, 15) is 9.59 Å². The number of nitrogens with one attached hydrogen (secondary N) is 1.